The standard InChI is InChI=1S/C16H12ClN3O4S/c17-10-6-5-9(7-12(10)20(23)24)18-15(21)8-14-16(22)19-11-3-1-2-4-13(11)25-14/h1-7,14H,8H2,(H,18,21)(H,19,22). The first-order valence-electron chi connectivity index (χ1n) is 7.24. The molecule has 1 atom stereocenters. The van der Waals surface area contributed by atoms with E-state index in [-0.39, 0.29) is 28.7 Å². The Morgan fingerprint density at radius 3 is 2.84 bits per heavy atom. The molecule has 1 aliphatic rings. The zero-order valence-electron chi connectivity index (χ0n) is 12.7. The Balaban J connectivity index is 1.68. The SMILES string of the molecule is O=C(CC1Sc2ccccc2NC1=O)Nc1ccc(Cl)c([N+](=O)[O-])c1. The highest BCUT2D eigenvalue weighted by Gasteiger charge is 2.29. The second-order valence-electron chi connectivity index (χ2n) is 5.27. The highest BCUT2D eigenvalue weighted by atomic mass is 35.5. The van der Waals surface area contributed by atoms with Gasteiger partial charge in [0.1, 0.15) is 5.02 Å². The zero-order chi connectivity index (χ0) is 18.0. The molecule has 0 bridgehead atoms. The lowest BCUT2D eigenvalue weighted by molar-refractivity contribution is -0.384. The third-order valence-electron chi connectivity index (χ3n) is 3.50. The molecular formula is C16H12ClN3O4S. The number of hydrogen-bond acceptors (Lipinski definition) is 5. The normalized spacial score (nSPS) is 15.9. The molecule has 128 valence electrons. The van der Waals surface area contributed by atoms with Crippen LogP contribution < -0.4 is 10.6 Å². The summed E-state index contributed by atoms with van der Waals surface area (Å²) < 4.78 is 0. The molecule has 9 heteroatoms. The van der Waals surface area contributed by atoms with Gasteiger partial charge in [0, 0.05) is 23.1 Å². The summed E-state index contributed by atoms with van der Waals surface area (Å²) in [6, 6.07) is 11.3. The Morgan fingerprint density at radius 1 is 1.32 bits per heavy atom. The van der Waals surface area contributed by atoms with Gasteiger partial charge in [-0.3, -0.25) is 19.7 Å². The van der Waals surface area contributed by atoms with E-state index in [1.807, 2.05) is 18.2 Å². The van der Waals surface area contributed by atoms with E-state index < -0.39 is 16.1 Å². The molecule has 1 unspecified atom stereocenters. The first kappa shape index (κ1) is 17.2. The van der Waals surface area contributed by atoms with Crippen LogP contribution in [0.15, 0.2) is 47.4 Å². The number of benzene rings is 2. The molecule has 0 aromatic heterocycles. The van der Waals surface area contributed by atoms with E-state index in [1.54, 1.807) is 6.07 Å². The van der Waals surface area contributed by atoms with E-state index in [4.69, 9.17) is 11.6 Å². The molecule has 2 aromatic rings. The van der Waals surface area contributed by atoms with Crippen molar-refractivity contribution < 1.29 is 14.5 Å². The van der Waals surface area contributed by atoms with Crippen LogP contribution in [0.1, 0.15) is 6.42 Å². The number of nitrogens with zero attached hydrogens (tertiary/aromatic N) is 1. The topological polar surface area (TPSA) is 101 Å². The predicted octanol–water partition coefficient (Wildman–Crippen LogP) is 3.69. The minimum atomic E-state index is -0.626. The number of para-hydroxylation sites is 1. The van der Waals surface area contributed by atoms with Crippen LogP contribution >= 0.6 is 23.4 Å². The minimum Gasteiger partial charge on any atom is -0.326 e. The van der Waals surface area contributed by atoms with Gasteiger partial charge in [-0.05, 0) is 24.3 Å². The summed E-state index contributed by atoms with van der Waals surface area (Å²) in [6.07, 6.45) is -0.0543. The molecule has 7 nitrogen and oxygen atoms in total. The number of anilines is 2. The van der Waals surface area contributed by atoms with E-state index >= 15 is 0 Å². The Labute approximate surface area is 151 Å². The second-order valence-corrected chi connectivity index (χ2v) is 6.92. The van der Waals surface area contributed by atoms with Crippen molar-refractivity contribution >= 4 is 52.2 Å². The lowest BCUT2D eigenvalue weighted by atomic mass is 10.2. The van der Waals surface area contributed by atoms with Crippen molar-refractivity contribution in [2.24, 2.45) is 0 Å². The smallest absolute Gasteiger partial charge is 0.289 e. The van der Waals surface area contributed by atoms with Crippen LogP contribution in [0.2, 0.25) is 5.02 Å². The summed E-state index contributed by atoms with van der Waals surface area (Å²) in [7, 11) is 0. The fourth-order valence-electron chi connectivity index (χ4n) is 2.34. The second kappa shape index (κ2) is 7.12. The molecule has 2 N–H and O–H groups in total. The molecule has 0 aliphatic carbocycles. The Hall–Kier alpha value is -2.58. The number of nitrogens with one attached hydrogen (secondary N) is 2. The Morgan fingerprint density at radius 2 is 2.08 bits per heavy atom. The van der Waals surface area contributed by atoms with Gasteiger partial charge in [0.05, 0.1) is 15.9 Å². The Bertz CT molecular complexity index is 874. The number of amides is 2. The molecule has 3 rings (SSSR count). The largest absolute Gasteiger partial charge is 0.326 e. The predicted molar refractivity (Wildman–Crippen MR) is 96.1 cm³/mol. The molecule has 0 fully saturated rings. The maximum absolute atomic E-state index is 12.2. The number of halogens is 1. The summed E-state index contributed by atoms with van der Waals surface area (Å²) >= 11 is 7.05. The lowest BCUT2D eigenvalue weighted by Crippen LogP contribution is -2.32. The molecule has 1 heterocycles. The molecule has 2 aromatic carbocycles. The Kier molecular flexibility index (Phi) is 4.91. The molecule has 2 amide bonds. The summed E-state index contributed by atoms with van der Waals surface area (Å²) in [5.74, 6) is -0.662. The van der Waals surface area contributed by atoms with Crippen molar-refractivity contribution in [3.05, 3.63) is 57.6 Å². The van der Waals surface area contributed by atoms with Crippen LogP contribution in [0.5, 0.6) is 0 Å². The number of carbonyl (C=O) groups is 2. The van der Waals surface area contributed by atoms with Gasteiger partial charge in [-0.25, -0.2) is 0 Å². The average molecular weight is 378 g/mol. The quantitative estimate of drug-likeness (QED) is 0.625. The molecule has 1 aliphatic heterocycles. The van der Waals surface area contributed by atoms with Crippen molar-refractivity contribution in [2.45, 2.75) is 16.6 Å². The van der Waals surface area contributed by atoms with E-state index in [2.05, 4.69) is 10.6 Å². The van der Waals surface area contributed by atoms with Crippen LogP contribution in [-0.2, 0) is 9.59 Å². The zero-order valence-corrected chi connectivity index (χ0v) is 14.3. The van der Waals surface area contributed by atoms with Gasteiger partial charge in [-0.15, -0.1) is 11.8 Å². The monoisotopic (exact) mass is 377 g/mol. The van der Waals surface area contributed by atoms with E-state index in [1.165, 1.54) is 30.0 Å². The third-order valence-corrected chi connectivity index (χ3v) is 5.10. The average Bonchev–Trinajstić information content (AvgIpc) is 2.57. The number of rotatable bonds is 4. The van der Waals surface area contributed by atoms with Gasteiger partial charge in [-0.2, -0.15) is 0 Å². The first-order valence-corrected chi connectivity index (χ1v) is 8.50. The highest BCUT2D eigenvalue weighted by molar-refractivity contribution is 8.01. The number of carbonyl (C=O) groups excluding carboxylic acids is 2. The summed E-state index contributed by atoms with van der Waals surface area (Å²) in [6.45, 7) is 0. The van der Waals surface area contributed by atoms with E-state index in [0.717, 1.165) is 10.6 Å². The highest BCUT2D eigenvalue weighted by Crippen LogP contribution is 2.36. The molecule has 25 heavy (non-hydrogen) atoms. The lowest BCUT2D eigenvalue weighted by Gasteiger charge is -2.23. The van der Waals surface area contributed by atoms with Gasteiger partial charge >= 0.3 is 0 Å². The summed E-state index contributed by atoms with van der Waals surface area (Å²) in [5, 5.41) is 15.6. The van der Waals surface area contributed by atoms with Gasteiger partial charge in [0.25, 0.3) is 5.69 Å². The first-order chi connectivity index (χ1) is 11.9. The third kappa shape index (κ3) is 3.92. The maximum atomic E-state index is 12.2. The molecular weight excluding hydrogens is 366 g/mol. The van der Waals surface area contributed by atoms with Gasteiger partial charge in [0.15, 0.2) is 0 Å². The minimum absolute atomic E-state index is 0.0122. The van der Waals surface area contributed by atoms with Crippen LogP contribution in [0.25, 0.3) is 0 Å². The molecule has 0 radical (unpaired) electrons. The number of hydrogen-bond donors (Lipinski definition) is 2. The maximum Gasteiger partial charge on any atom is 0.289 e. The number of thioether (sulfide) groups is 1. The van der Waals surface area contributed by atoms with Crippen molar-refractivity contribution in [1.29, 1.82) is 0 Å². The van der Waals surface area contributed by atoms with Crippen LogP contribution in [0.4, 0.5) is 17.1 Å². The van der Waals surface area contributed by atoms with Gasteiger partial charge in [-0.1, -0.05) is 23.7 Å². The molecule has 0 saturated carbocycles. The van der Waals surface area contributed by atoms with Gasteiger partial charge < -0.3 is 10.6 Å². The summed E-state index contributed by atoms with van der Waals surface area (Å²) in [4.78, 5) is 35.5. The number of nitro benzene ring substituents is 1. The van der Waals surface area contributed by atoms with Crippen molar-refractivity contribution in [3.8, 4) is 0 Å². The fourth-order valence-corrected chi connectivity index (χ4v) is 3.63. The molecule has 0 saturated heterocycles. The van der Waals surface area contributed by atoms with Crippen molar-refractivity contribution in [2.75, 3.05) is 10.6 Å². The van der Waals surface area contributed by atoms with Crippen LogP contribution in [0, 0.1) is 10.1 Å². The molecule has 0 spiro atoms. The van der Waals surface area contributed by atoms with Crippen LogP contribution in [-0.4, -0.2) is 22.0 Å². The van der Waals surface area contributed by atoms with Crippen molar-refractivity contribution in [1.82, 2.24) is 0 Å². The van der Waals surface area contributed by atoms with E-state index in [9.17, 15) is 19.7 Å². The fraction of sp³-hybridized carbons (Fsp3) is 0.125. The van der Waals surface area contributed by atoms with Gasteiger partial charge in [0.2, 0.25) is 11.8 Å². The van der Waals surface area contributed by atoms with E-state index in [0.29, 0.717) is 0 Å². The summed E-state index contributed by atoms with van der Waals surface area (Å²) in [5.41, 5.74) is 0.684. The number of nitro groups is 1. The van der Waals surface area contributed by atoms with Crippen LogP contribution in [0.3, 0.4) is 0 Å². The number of fused-ring (bicyclic) bond motifs is 1. The van der Waals surface area contributed by atoms with Crippen molar-refractivity contribution in [3.63, 3.8) is 0 Å².